The maximum absolute atomic E-state index is 4.16. The van der Waals surface area contributed by atoms with Gasteiger partial charge < -0.3 is 5.32 Å². The van der Waals surface area contributed by atoms with Crippen LogP contribution in [-0.2, 0) is 6.42 Å². The average molecular weight is 404 g/mol. The van der Waals surface area contributed by atoms with Gasteiger partial charge >= 0.3 is 0 Å². The SMILES string of the molecule is CCCNC(Cc1cncs1)c1cc(Br)cc(Br)c1. The minimum Gasteiger partial charge on any atom is -0.310 e. The molecule has 1 unspecified atom stereocenters. The molecule has 1 atom stereocenters. The van der Waals surface area contributed by atoms with Gasteiger partial charge in [0.1, 0.15) is 0 Å². The Kier molecular flexibility index (Phi) is 6.01. The summed E-state index contributed by atoms with van der Waals surface area (Å²) < 4.78 is 2.20. The molecular weight excluding hydrogens is 388 g/mol. The fraction of sp³-hybridized carbons (Fsp3) is 0.357. The monoisotopic (exact) mass is 402 g/mol. The van der Waals surface area contributed by atoms with Crippen LogP contribution in [0, 0.1) is 0 Å². The molecule has 0 saturated carbocycles. The standard InChI is InChI=1S/C14H16Br2N2S/c1-2-3-18-14(7-13-8-17-9-19-13)10-4-11(15)6-12(16)5-10/h4-6,8-9,14,18H,2-3,7H2,1H3. The van der Waals surface area contributed by atoms with Crippen LogP contribution in [0.1, 0.15) is 29.8 Å². The molecule has 2 rings (SSSR count). The van der Waals surface area contributed by atoms with Crippen molar-refractivity contribution in [3.63, 3.8) is 0 Å². The van der Waals surface area contributed by atoms with Crippen molar-refractivity contribution in [2.24, 2.45) is 0 Å². The number of halogens is 2. The molecule has 19 heavy (non-hydrogen) atoms. The fourth-order valence-electron chi connectivity index (χ4n) is 1.95. The van der Waals surface area contributed by atoms with Gasteiger partial charge in [-0.05, 0) is 36.7 Å². The highest BCUT2D eigenvalue weighted by atomic mass is 79.9. The molecule has 0 aliphatic rings. The number of nitrogens with zero attached hydrogens (tertiary/aromatic N) is 1. The van der Waals surface area contributed by atoms with Crippen LogP contribution in [-0.4, -0.2) is 11.5 Å². The molecular formula is C14H16Br2N2S. The van der Waals surface area contributed by atoms with Crippen molar-refractivity contribution in [3.8, 4) is 0 Å². The summed E-state index contributed by atoms with van der Waals surface area (Å²) in [6.45, 7) is 3.21. The molecule has 0 bridgehead atoms. The average Bonchev–Trinajstić information content (AvgIpc) is 2.86. The maximum atomic E-state index is 4.16. The van der Waals surface area contributed by atoms with E-state index in [9.17, 15) is 0 Å². The van der Waals surface area contributed by atoms with Crippen LogP contribution in [0.5, 0.6) is 0 Å². The molecule has 0 aliphatic carbocycles. The second-order valence-corrected chi connectivity index (χ2v) is 7.18. The third kappa shape index (κ3) is 4.67. The van der Waals surface area contributed by atoms with Crippen molar-refractivity contribution in [3.05, 3.63) is 49.3 Å². The van der Waals surface area contributed by atoms with Gasteiger partial charge in [-0.25, -0.2) is 0 Å². The third-order valence-corrected chi connectivity index (χ3v) is 4.53. The Balaban J connectivity index is 2.20. The Morgan fingerprint density at radius 3 is 2.58 bits per heavy atom. The maximum Gasteiger partial charge on any atom is 0.0794 e. The van der Waals surface area contributed by atoms with E-state index >= 15 is 0 Å². The van der Waals surface area contributed by atoms with Crippen molar-refractivity contribution in [2.75, 3.05) is 6.54 Å². The second kappa shape index (κ2) is 7.53. The van der Waals surface area contributed by atoms with Crippen LogP contribution >= 0.6 is 43.2 Å². The summed E-state index contributed by atoms with van der Waals surface area (Å²) in [6, 6.07) is 6.75. The van der Waals surface area contributed by atoms with E-state index < -0.39 is 0 Å². The van der Waals surface area contributed by atoms with E-state index in [4.69, 9.17) is 0 Å². The minimum absolute atomic E-state index is 0.328. The molecule has 2 nitrogen and oxygen atoms in total. The van der Waals surface area contributed by atoms with Crippen LogP contribution in [0.25, 0.3) is 0 Å². The first-order valence-corrected chi connectivity index (χ1v) is 8.72. The predicted molar refractivity (Wildman–Crippen MR) is 88.7 cm³/mol. The van der Waals surface area contributed by atoms with Crippen molar-refractivity contribution in [1.82, 2.24) is 10.3 Å². The summed E-state index contributed by atoms with van der Waals surface area (Å²) in [4.78, 5) is 5.47. The number of benzene rings is 1. The van der Waals surface area contributed by atoms with Crippen molar-refractivity contribution < 1.29 is 0 Å². The summed E-state index contributed by atoms with van der Waals surface area (Å²) in [5.41, 5.74) is 3.19. The Hall–Kier alpha value is -0.230. The molecule has 0 saturated heterocycles. The van der Waals surface area contributed by atoms with E-state index in [0.29, 0.717) is 6.04 Å². The summed E-state index contributed by atoms with van der Waals surface area (Å²) in [5.74, 6) is 0. The normalized spacial score (nSPS) is 12.6. The molecule has 0 amide bonds. The highest BCUT2D eigenvalue weighted by Gasteiger charge is 2.13. The van der Waals surface area contributed by atoms with E-state index in [2.05, 4.69) is 67.3 Å². The summed E-state index contributed by atoms with van der Waals surface area (Å²) in [5, 5.41) is 3.62. The van der Waals surface area contributed by atoms with Gasteiger partial charge in [-0.3, -0.25) is 4.98 Å². The lowest BCUT2D eigenvalue weighted by Gasteiger charge is -2.19. The van der Waals surface area contributed by atoms with Gasteiger partial charge in [0.05, 0.1) is 5.51 Å². The third-order valence-electron chi connectivity index (χ3n) is 2.82. The molecule has 1 heterocycles. The number of hydrogen-bond donors (Lipinski definition) is 1. The van der Waals surface area contributed by atoms with Crippen molar-refractivity contribution in [2.45, 2.75) is 25.8 Å². The minimum atomic E-state index is 0.328. The van der Waals surface area contributed by atoms with Crippen LogP contribution < -0.4 is 5.32 Å². The van der Waals surface area contributed by atoms with Gasteiger partial charge in [0, 0.05) is 32.5 Å². The fourth-order valence-corrected chi connectivity index (χ4v) is 3.92. The van der Waals surface area contributed by atoms with Gasteiger partial charge in [-0.2, -0.15) is 0 Å². The first-order chi connectivity index (χ1) is 9.19. The van der Waals surface area contributed by atoms with Crippen molar-refractivity contribution in [1.29, 1.82) is 0 Å². The number of hydrogen-bond acceptors (Lipinski definition) is 3. The van der Waals surface area contributed by atoms with E-state index in [1.54, 1.807) is 11.3 Å². The smallest absolute Gasteiger partial charge is 0.0794 e. The molecule has 1 N–H and O–H groups in total. The number of rotatable bonds is 6. The zero-order chi connectivity index (χ0) is 13.7. The predicted octanol–water partition coefficient (Wildman–Crippen LogP) is 4.95. The molecule has 0 fully saturated rings. The summed E-state index contributed by atoms with van der Waals surface area (Å²) in [7, 11) is 0. The van der Waals surface area contributed by atoms with Crippen molar-refractivity contribution >= 4 is 43.2 Å². The van der Waals surface area contributed by atoms with Crippen LogP contribution in [0.15, 0.2) is 38.9 Å². The number of aromatic nitrogens is 1. The van der Waals surface area contributed by atoms with Gasteiger partial charge in [0.25, 0.3) is 0 Å². The molecule has 0 aliphatic heterocycles. The van der Waals surface area contributed by atoms with E-state index in [1.165, 1.54) is 10.4 Å². The van der Waals surface area contributed by atoms with Crippen LogP contribution in [0.3, 0.4) is 0 Å². The highest BCUT2D eigenvalue weighted by Crippen LogP contribution is 2.27. The number of nitrogens with one attached hydrogen (secondary N) is 1. The molecule has 5 heteroatoms. The van der Waals surface area contributed by atoms with Crippen LogP contribution in [0.2, 0.25) is 0 Å². The zero-order valence-corrected chi connectivity index (χ0v) is 14.7. The van der Waals surface area contributed by atoms with E-state index in [1.807, 2.05) is 11.7 Å². The molecule has 0 spiro atoms. The molecule has 102 valence electrons. The summed E-state index contributed by atoms with van der Waals surface area (Å²) >= 11 is 8.83. The Morgan fingerprint density at radius 1 is 1.26 bits per heavy atom. The molecule has 1 aromatic heterocycles. The zero-order valence-electron chi connectivity index (χ0n) is 10.7. The van der Waals surface area contributed by atoms with Crippen LogP contribution in [0.4, 0.5) is 0 Å². The lowest BCUT2D eigenvalue weighted by Crippen LogP contribution is -2.23. The lowest BCUT2D eigenvalue weighted by atomic mass is 10.0. The Bertz CT molecular complexity index is 494. The molecule has 0 radical (unpaired) electrons. The largest absolute Gasteiger partial charge is 0.310 e. The topological polar surface area (TPSA) is 24.9 Å². The summed E-state index contributed by atoms with van der Waals surface area (Å²) in [6.07, 6.45) is 4.07. The Labute approximate surface area is 134 Å². The van der Waals surface area contributed by atoms with E-state index in [-0.39, 0.29) is 0 Å². The number of thiazole rings is 1. The van der Waals surface area contributed by atoms with Gasteiger partial charge in [0.2, 0.25) is 0 Å². The first-order valence-electron chi connectivity index (χ1n) is 6.25. The Morgan fingerprint density at radius 2 is 2.00 bits per heavy atom. The highest BCUT2D eigenvalue weighted by molar-refractivity contribution is 9.11. The molecule has 2 aromatic rings. The quantitative estimate of drug-likeness (QED) is 0.737. The van der Waals surface area contributed by atoms with Gasteiger partial charge in [0.15, 0.2) is 0 Å². The second-order valence-electron chi connectivity index (χ2n) is 4.38. The van der Waals surface area contributed by atoms with E-state index in [0.717, 1.165) is 28.3 Å². The lowest BCUT2D eigenvalue weighted by molar-refractivity contribution is 0.531. The van der Waals surface area contributed by atoms with Gasteiger partial charge in [-0.1, -0.05) is 38.8 Å². The van der Waals surface area contributed by atoms with Gasteiger partial charge in [-0.15, -0.1) is 11.3 Å². The molecule has 1 aromatic carbocycles. The first kappa shape index (κ1) is 15.2.